The van der Waals surface area contributed by atoms with Gasteiger partial charge in [-0.05, 0) is 43.9 Å². The Bertz CT molecular complexity index is 1200. The van der Waals surface area contributed by atoms with Gasteiger partial charge in [0, 0.05) is 62.2 Å². The molecule has 8 heteroatoms. The normalized spacial score (nSPS) is 18.8. The summed E-state index contributed by atoms with van der Waals surface area (Å²) in [7, 11) is 0. The van der Waals surface area contributed by atoms with Gasteiger partial charge in [0.2, 0.25) is 5.91 Å². The molecule has 0 bridgehead atoms. The maximum Gasteiger partial charge on any atom is 0.281 e. The summed E-state index contributed by atoms with van der Waals surface area (Å²) in [5, 5.41) is 5.00. The SMILES string of the molecule is CC(=O)N(C1CC1)C1CCN(Cc2coc3cc(Oc4nc5c(s4)C=CCN5)ccc23)CC1. The van der Waals surface area contributed by atoms with Crippen LogP contribution in [0.1, 0.15) is 43.0 Å². The first-order valence-corrected chi connectivity index (χ1v) is 12.6. The topological polar surface area (TPSA) is 70.8 Å². The first kappa shape index (κ1) is 20.7. The Morgan fingerprint density at radius 2 is 2.09 bits per heavy atom. The number of carbonyl (C=O) groups is 1. The van der Waals surface area contributed by atoms with Gasteiger partial charge in [-0.15, -0.1) is 0 Å². The summed E-state index contributed by atoms with van der Waals surface area (Å²) in [5.41, 5.74) is 2.02. The van der Waals surface area contributed by atoms with E-state index in [1.807, 2.05) is 18.4 Å². The average molecular weight is 465 g/mol. The largest absolute Gasteiger partial charge is 0.464 e. The van der Waals surface area contributed by atoms with Crippen LogP contribution >= 0.6 is 11.3 Å². The summed E-state index contributed by atoms with van der Waals surface area (Å²) in [6, 6.07) is 6.89. The number of aromatic nitrogens is 1. The fraction of sp³-hybridized carbons (Fsp3) is 0.440. The van der Waals surface area contributed by atoms with Gasteiger partial charge >= 0.3 is 0 Å². The third kappa shape index (κ3) is 4.25. The van der Waals surface area contributed by atoms with Crippen LogP contribution in [0.2, 0.25) is 0 Å². The van der Waals surface area contributed by atoms with Gasteiger partial charge in [-0.3, -0.25) is 9.69 Å². The summed E-state index contributed by atoms with van der Waals surface area (Å²) < 4.78 is 11.9. The molecule has 1 amide bonds. The fourth-order valence-corrected chi connectivity index (χ4v) is 5.87. The van der Waals surface area contributed by atoms with Gasteiger partial charge < -0.3 is 19.4 Å². The number of likely N-dealkylation sites (tertiary alicyclic amines) is 1. The average Bonchev–Trinajstić information content (AvgIpc) is 3.43. The van der Waals surface area contributed by atoms with Crippen molar-refractivity contribution in [1.82, 2.24) is 14.8 Å². The molecular formula is C25H28N4O3S. The van der Waals surface area contributed by atoms with Crippen molar-refractivity contribution < 1.29 is 13.9 Å². The Morgan fingerprint density at radius 3 is 2.85 bits per heavy atom. The van der Waals surface area contributed by atoms with Crippen molar-refractivity contribution in [1.29, 1.82) is 0 Å². The summed E-state index contributed by atoms with van der Waals surface area (Å²) >= 11 is 1.53. The summed E-state index contributed by atoms with van der Waals surface area (Å²) in [4.78, 5) is 22.3. The molecule has 33 heavy (non-hydrogen) atoms. The molecule has 2 aromatic heterocycles. The summed E-state index contributed by atoms with van der Waals surface area (Å²) in [6.07, 6.45) is 10.5. The van der Waals surface area contributed by atoms with Crippen molar-refractivity contribution in [2.45, 2.75) is 51.2 Å². The Balaban J connectivity index is 1.10. The highest BCUT2D eigenvalue weighted by atomic mass is 32.1. The van der Waals surface area contributed by atoms with Crippen molar-refractivity contribution in [3.05, 3.63) is 41.0 Å². The van der Waals surface area contributed by atoms with Crippen LogP contribution in [-0.2, 0) is 11.3 Å². The van der Waals surface area contributed by atoms with Crippen molar-refractivity contribution in [2.24, 2.45) is 0 Å². The Labute approximate surface area is 197 Å². The minimum Gasteiger partial charge on any atom is -0.464 e. The van der Waals surface area contributed by atoms with Crippen molar-refractivity contribution in [3.8, 4) is 10.9 Å². The lowest BCUT2D eigenvalue weighted by Gasteiger charge is -2.38. The van der Waals surface area contributed by atoms with E-state index in [0.717, 1.165) is 66.4 Å². The number of hydrogen-bond acceptors (Lipinski definition) is 7. The monoisotopic (exact) mass is 464 g/mol. The van der Waals surface area contributed by atoms with E-state index in [1.54, 1.807) is 6.92 Å². The van der Waals surface area contributed by atoms with E-state index >= 15 is 0 Å². The number of amides is 1. The van der Waals surface area contributed by atoms with E-state index in [-0.39, 0.29) is 5.91 Å². The highest BCUT2D eigenvalue weighted by molar-refractivity contribution is 7.14. The van der Waals surface area contributed by atoms with Crippen LogP contribution in [0.15, 0.2) is 35.0 Å². The number of nitrogens with one attached hydrogen (secondary N) is 1. The summed E-state index contributed by atoms with van der Waals surface area (Å²) in [5.74, 6) is 1.84. The fourth-order valence-electron chi connectivity index (χ4n) is 5.03. The number of ether oxygens (including phenoxy) is 1. The zero-order chi connectivity index (χ0) is 22.4. The van der Waals surface area contributed by atoms with Crippen LogP contribution in [0, 0.1) is 0 Å². The molecule has 172 valence electrons. The molecule has 6 rings (SSSR count). The molecule has 0 radical (unpaired) electrons. The Hall–Kier alpha value is -2.84. The van der Waals surface area contributed by atoms with Gasteiger partial charge in [-0.1, -0.05) is 17.4 Å². The second-order valence-corrected chi connectivity index (χ2v) is 10.2. The van der Waals surface area contributed by atoms with Gasteiger partial charge in [0.15, 0.2) is 0 Å². The molecule has 1 aromatic carbocycles. The van der Waals surface area contributed by atoms with Gasteiger partial charge in [-0.2, -0.15) is 4.98 Å². The van der Waals surface area contributed by atoms with Crippen molar-refractivity contribution in [3.63, 3.8) is 0 Å². The molecule has 1 aliphatic carbocycles. The molecule has 3 aliphatic rings. The standard InChI is InChI=1S/C25H28N4O3S/c1-16(30)29(18-4-5-18)19-8-11-28(12-9-19)14-17-15-31-22-13-20(6-7-21(17)22)32-25-27-24-23(33-25)3-2-10-26-24/h2-3,6-7,13,15,18-19,26H,4-5,8-12,14H2,1H3. The number of furan rings is 1. The second kappa shape index (κ2) is 8.50. The number of hydrogen-bond donors (Lipinski definition) is 1. The van der Waals surface area contributed by atoms with Gasteiger partial charge in [0.05, 0.1) is 11.1 Å². The van der Waals surface area contributed by atoms with Crippen molar-refractivity contribution >= 4 is 40.1 Å². The van der Waals surface area contributed by atoms with E-state index < -0.39 is 0 Å². The number of rotatable bonds is 6. The molecule has 1 saturated heterocycles. The minimum atomic E-state index is 0.237. The third-order valence-corrected chi connectivity index (χ3v) is 7.67. The van der Waals surface area contributed by atoms with E-state index in [4.69, 9.17) is 9.15 Å². The second-order valence-electron chi connectivity index (χ2n) is 9.16. The molecule has 3 aromatic rings. The molecule has 7 nitrogen and oxygen atoms in total. The number of thiazole rings is 1. The lowest BCUT2D eigenvalue weighted by Crippen LogP contribution is -2.47. The van der Waals surface area contributed by atoms with Crippen molar-refractivity contribution in [2.75, 3.05) is 25.0 Å². The number of carbonyl (C=O) groups excluding carboxylic acids is 1. The van der Waals surface area contributed by atoms with E-state index in [2.05, 4.69) is 38.3 Å². The predicted molar refractivity (Wildman–Crippen MR) is 130 cm³/mol. The maximum atomic E-state index is 12.1. The number of fused-ring (bicyclic) bond motifs is 2. The molecule has 1 saturated carbocycles. The number of anilines is 1. The van der Waals surface area contributed by atoms with Crippen LogP contribution < -0.4 is 10.1 Å². The van der Waals surface area contributed by atoms with E-state index in [9.17, 15) is 4.79 Å². The quantitative estimate of drug-likeness (QED) is 0.548. The smallest absolute Gasteiger partial charge is 0.281 e. The molecule has 2 aliphatic heterocycles. The molecule has 0 spiro atoms. The summed E-state index contributed by atoms with van der Waals surface area (Å²) in [6.45, 7) is 5.39. The number of piperidine rings is 1. The van der Waals surface area contributed by atoms with Crippen LogP contribution in [-0.4, -0.2) is 52.4 Å². The lowest BCUT2D eigenvalue weighted by atomic mass is 10.0. The molecule has 1 N–H and O–H groups in total. The number of benzene rings is 1. The predicted octanol–water partition coefficient (Wildman–Crippen LogP) is 5.10. The first-order chi connectivity index (χ1) is 16.1. The first-order valence-electron chi connectivity index (χ1n) is 11.7. The molecular weight excluding hydrogens is 436 g/mol. The zero-order valence-corrected chi connectivity index (χ0v) is 19.6. The third-order valence-electron chi connectivity index (χ3n) is 6.77. The molecule has 0 unspecified atom stereocenters. The molecule has 0 atom stereocenters. The van der Waals surface area contributed by atoms with Crippen LogP contribution in [0.5, 0.6) is 10.9 Å². The minimum absolute atomic E-state index is 0.237. The van der Waals surface area contributed by atoms with Gasteiger partial charge in [-0.25, -0.2) is 0 Å². The highest BCUT2D eigenvalue weighted by Gasteiger charge is 2.37. The van der Waals surface area contributed by atoms with Gasteiger partial charge in [0.25, 0.3) is 5.19 Å². The van der Waals surface area contributed by atoms with Crippen LogP contribution in [0.4, 0.5) is 5.82 Å². The van der Waals surface area contributed by atoms with Crippen LogP contribution in [0.3, 0.4) is 0 Å². The molecule has 2 fully saturated rings. The zero-order valence-electron chi connectivity index (χ0n) is 18.8. The maximum absolute atomic E-state index is 12.1. The Morgan fingerprint density at radius 1 is 1.27 bits per heavy atom. The van der Waals surface area contributed by atoms with E-state index in [1.165, 1.54) is 29.7 Å². The van der Waals surface area contributed by atoms with Crippen LogP contribution in [0.25, 0.3) is 17.0 Å². The van der Waals surface area contributed by atoms with Gasteiger partial charge in [0.1, 0.15) is 17.2 Å². The Kier molecular flexibility index (Phi) is 5.34. The molecule has 4 heterocycles. The lowest BCUT2D eigenvalue weighted by molar-refractivity contribution is -0.132. The van der Waals surface area contributed by atoms with E-state index in [0.29, 0.717) is 17.3 Å². The number of nitrogens with zero attached hydrogens (tertiary/aromatic N) is 3. The highest BCUT2D eigenvalue weighted by Crippen LogP contribution is 2.36.